The molecule has 2 amide bonds. The monoisotopic (exact) mass is 369 g/mol. The molecule has 7 nitrogen and oxygen atoms in total. The molecule has 0 spiro atoms. The fourth-order valence-corrected chi connectivity index (χ4v) is 3.22. The number of hydrogen-bond acceptors (Lipinski definition) is 4. The number of nitrogens with zero attached hydrogens (tertiary/aromatic N) is 1. The van der Waals surface area contributed by atoms with Crippen molar-refractivity contribution in [3.05, 3.63) is 28.8 Å². The van der Waals surface area contributed by atoms with Gasteiger partial charge in [0.25, 0.3) is 0 Å². The minimum absolute atomic E-state index is 0.0341. The number of likely N-dealkylation sites (N-methyl/N-ethyl adjacent to an activating group) is 1. The Labute approximate surface area is 152 Å². The largest absolute Gasteiger partial charge is 0.496 e. The molecule has 1 saturated carbocycles. The molecular weight excluding hydrogens is 346 g/mol. The number of aliphatic carboxylic acids is 1. The highest BCUT2D eigenvalue weighted by Crippen LogP contribution is 2.27. The average molecular weight is 370 g/mol. The number of benzene rings is 1. The fourth-order valence-electron chi connectivity index (χ4n) is 2.98. The second-order valence-corrected chi connectivity index (χ2v) is 6.43. The van der Waals surface area contributed by atoms with Crippen LogP contribution in [0.4, 0.5) is 4.79 Å². The van der Waals surface area contributed by atoms with Gasteiger partial charge in [-0.3, -0.25) is 9.69 Å². The molecule has 138 valence electrons. The van der Waals surface area contributed by atoms with Crippen molar-refractivity contribution < 1.29 is 19.4 Å². The van der Waals surface area contributed by atoms with Crippen LogP contribution in [0.1, 0.15) is 25.3 Å². The molecule has 1 aliphatic rings. The van der Waals surface area contributed by atoms with Crippen LogP contribution in [0.5, 0.6) is 5.75 Å². The van der Waals surface area contributed by atoms with Gasteiger partial charge in [-0.1, -0.05) is 24.6 Å². The fraction of sp³-hybridized carbons (Fsp3) is 0.529. The van der Waals surface area contributed by atoms with E-state index in [9.17, 15) is 9.59 Å². The Hall–Kier alpha value is -1.99. The van der Waals surface area contributed by atoms with Crippen LogP contribution in [0, 0.1) is 0 Å². The quantitative estimate of drug-likeness (QED) is 0.652. The molecule has 0 saturated heterocycles. The molecule has 25 heavy (non-hydrogen) atoms. The lowest BCUT2D eigenvalue weighted by Crippen LogP contribution is -2.56. The van der Waals surface area contributed by atoms with E-state index in [0.717, 1.165) is 18.4 Å². The minimum atomic E-state index is -0.829. The van der Waals surface area contributed by atoms with E-state index < -0.39 is 5.97 Å². The van der Waals surface area contributed by atoms with Gasteiger partial charge in [-0.05, 0) is 31.5 Å². The Morgan fingerprint density at radius 3 is 2.72 bits per heavy atom. The third-order valence-corrected chi connectivity index (χ3v) is 4.78. The number of urea groups is 1. The number of carbonyl (C=O) groups is 2. The van der Waals surface area contributed by atoms with Crippen LogP contribution in [0.3, 0.4) is 0 Å². The molecule has 1 fully saturated rings. The zero-order valence-corrected chi connectivity index (χ0v) is 15.2. The molecule has 8 heteroatoms. The van der Waals surface area contributed by atoms with Gasteiger partial charge in [-0.2, -0.15) is 0 Å². The lowest BCUT2D eigenvalue weighted by atomic mass is 9.85. The van der Waals surface area contributed by atoms with Crippen molar-refractivity contribution in [1.29, 1.82) is 0 Å². The molecule has 0 bridgehead atoms. The van der Waals surface area contributed by atoms with Gasteiger partial charge >= 0.3 is 12.0 Å². The van der Waals surface area contributed by atoms with Crippen molar-refractivity contribution in [3.8, 4) is 5.75 Å². The van der Waals surface area contributed by atoms with E-state index >= 15 is 0 Å². The van der Waals surface area contributed by atoms with Gasteiger partial charge < -0.3 is 20.5 Å². The Balaban J connectivity index is 1.77. The Morgan fingerprint density at radius 2 is 2.12 bits per heavy atom. The highest BCUT2D eigenvalue weighted by atomic mass is 35.5. The second kappa shape index (κ2) is 8.92. The number of carboxylic acid groups (broad SMARTS) is 1. The van der Waals surface area contributed by atoms with Crippen molar-refractivity contribution in [2.45, 2.75) is 38.4 Å². The summed E-state index contributed by atoms with van der Waals surface area (Å²) in [5.74, 6) is -0.201. The number of rotatable bonds is 8. The van der Waals surface area contributed by atoms with Gasteiger partial charge in [-0.25, -0.2) is 4.79 Å². The van der Waals surface area contributed by atoms with Crippen LogP contribution in [-0.2, 0) is 11.3 Å². The van der Waals surface area contributed by atoms with E-state index in [4.69, 9.17) is 21.4 Å². The smallest absolute Gasteiger partial charge is 0.317 e. The van der Waals surface area contributed by atoms with E-state index in [2.05, 4.69) is 10.6 Å². The molecule has 3 N–H and O–H groups in total. The highest BCUT2D eigenvalue weighted by molar-refractivity contribution is 6.31. The molecule has 1 aliphatic carbocycles. The summed E-state index contributed by atoms with van der Waals surface area (Å²) in [7, 11) is 1.56. The molecule has 0 radical (unpaired) electrons. The van der Waals surface area contributed by atoms with E-state index in [-0.39, 0.29) is 31.2 Å². The topological polar surface area (TPSA) is 90.9 Å². The van der Waals surface area contributed by atoms with Crippen molar-refractivity contribution >= 4 is 23.6 Å². The first-order valence-electron chi connectivity index (χ1n) is 8.26. The van der Waals surface area contributed by atoms with Gasteiger partial charge in [0.1, 0.15) is 5.75 Å². The summed E-state index contributed by atoms with van der Waals surface area (Å²) in [6, 6.07) is 5.31. The maximum Gasteiger partial charge on any atom is 0.317 e. The van der Waals surface area contributed by atoms with Crippen LogP contribution in [0.2, 0.25) is 5.02 Å². The van der Waals surface area contributed by atoms with Gasteiger partial charge in [0, 0.05) is 29.2 Å². The van der Waals surface area contributed by atoms with Gasteiger partial charge in [0.05, 0.1) is 13.7 Å². The standard InChI is InChI=1S/C17H24ClN3O4/c1-3-21(10-16(22)23)12-7-11(8-12)20-17(24)19-9-13-14(18)5-4-6-15(13)25-2/h4-6,11-12H,3,7-10H2,1-2H3,(H,22,23)(H2,19,20,24). The number of halogens is 1. The van der Waals surface area contributed by atoms with Crippen LogP contribution >= 0.6 is 11.6 Å². The molecular formula is C17H24ClN3O4. The van der Waals surface area contributed by atoms with Crippen molar-refractivity contribution in [2.75, 3.05) is 20.2 Å². The van der Waals surface area contributed by atoms with E-state index in [1.807, 2.05) is 11.8 Å². The number of ether oxygens (including phenoxy) is 1. The molecule has 0 aromatic heterocycles. The number of hydrogen-bond donors (Lipinski definition) is 3. The average Bonchev–Trinajstić information content (AvgIpc) is 2.54. The summed E-state index contributed by atoms with van der Waals surface area (Å²) >= 11 is 6.14. The summed E-state index contributed by atoms with van der Waals surface area (Å²) in [6.07, 6.45) is 1.51. The lowest BCUT2D eigenvalue weighted by molar-refractivity contribution is -0.139. The van der Waals surface area contributed by atoms with Crippen molar-refractivity contribution in [1.82, 2.24) is 15.5 Å². The van der Waals surface area contributed by atoms with Crippen LogP contribution < -0.4 is 15.4 Å². The molecule has 1 aromatic carbocycles. The Kier molecular flexibility index (Phi) is 6.90. The maximum atomic E-state index is 12.0. The normalized spacial score (nSPS) is 19.2. The number of carbonyl (C=O) groups excluding carboxylic acids is 1. The van der Waals surface area contributed by atoms with Crippen LogP contribution in [0.25, 0.3) is 0 Å². The first kappa shape index (κ1) is 19.3. The zero-order valence-electron chi connectivity index (χ0n) is 14.4. The minimum Gasteiger partial charge on any atom is -0.496 e. The number of nitrogens with one attached hydrogen (secondary N) is 2. The molecule has 0 atom stereocenters. The third-order valence-electron chi connectivity index (χ3n) is 4.43. The van der Waals surface area contributed by atoms with Crippen molar-refractivity contribution in [3.63, 3.8) is 0 Å². The van der Waals surface area contributed by atoms with E-state index in [1.54, 1.807) is 25.3 Å². The van der Waals surface area contributed by atoms with E-state index in [0.29, 0.717) is 17.3 Å². The Bertz CT molecular complexity index is 620. The summed E-state index contributed by atoms with van der Waals surface area (Å²) < 4.78 is 5.25. The summed E-state index contributed by atoms with van der Waals surface area (Å²) in [5.41, 5.74) is 0.729. The van der Waals surface area contributed by atoms with E-state index in [1.165, 1.54) is 0 Å². The van der Waals surface area contributed by atoms with Gasteiger partial charge in [0.2, 0.25) is 0 Å². The zero-order chi connectivity index (χ0) is 18.4. The maximum absolute atomic E-state index is 12.0. The highest BCUT2D eigenvalue weighted by Gasteiger charge is 2.34. The van der Waals surface area contributed by atoms with Gasteiger partial charge in [-0.15, -0.1) is 0 Å². The number of carboxylic acids is 1. The first-order valence-corrected chi connectivity index (χ1v) is 8.64. The Morgan fingerprint density at radius 1 is 1.40 bits per heavy atom. The van der Waals surface area contributed by atoms with Crippen LogP contribution in [-0.4, -0.2) is 54.3 Å². The SMILES string of the molecule is CCN(CC(=O)O)C1CC(NC(=O)NCc2c(Cl)cccc2OC)C1. The van der Waals surface area contributed by atoms with Crippen LogP contribution in [0.15, 0.2) is 18.2 Å². The third kappa shape index (κ3) is 5.24. The van der Waals surface area contributed by atoms with Crippen molar-refractivity contribution in [2.24, 2.45) is 0 Å². The molecule has 2 rings (SSSR count). The number of methoxy groups -OCH3 is 1. The first-order chi connectivity index (χ1) is 11.9. The molecule has 0 unspecified atom stereocenters. The summed E-state index contributed by atoms with van der Waals surface area (Å²) in [4.78, 5) is 24.8. The molecule has 1 aromatic rings. The lowest BCUT2D eigenvalue weighted by Gasteiger charge is -2.42. The molecule has 0 heterocycles. The number of amides is 2. The predicted octanol–water partition coefficient (Wildman–Crippen LogP) is 2.09. The predicted molar refractivity (Wildman–Crippen MR) is 95.1 cm³/mol. The summed E-state index contributed by atoms with van der Waals surface area (Å²) in [6.45, 7) is 2.92. The van der Waals surface area contributed by atoms with Gasteiger partial charge in [0.15, 0.2) is 0 Å². The second-order valence-electron chi connectivity index (χ2n) is 6.03. The molecule has 0 aliphatic heterocycles. The summed E-state index contributed by atoms with van der Waals surface area (Å²) in [5, 5.41) is 15.1.